The van der Waals surface area contributed by atoms with Crippen LogP contribution in [0.2, 0.25) is 0 Å². The lowest BCUT2D eigenvalue weighted by molar-refractivity contribution is -0.137. The third kappa shape index (κ3) is 3.56. The molecule has 1 atom stereocenters. The van der Waals surface area contributed by atoms with Gasteiger partial charge >= 0.3 is 0 Å². The molecule has 0 spiro atoms. The lowest BCUT2D eigenvalue weighted by Gasteiger charge is -2.37. The first-order valence-electron chi connectivity index (χ1n) is 12.7. The van der Waals surface area contributed by atoms with Crippen molar-refractivity contribution in [3.63, 3.8) is 0 Å². The molecule has 2 N–H and O–H groups in total. The van der Waals surface area contributed by atoms with E-state index in [4.69, 9.17) is 4.74 Å². The SMILES string of the molecule is CC1(C)c2cc(C3CCN(C(=O)C4COCCN4)CC3)ccc2C(=O)c2c1[nH]c1cc(C#N)ccc21. The summed E-state index contributed by atoms with van der Waals surface area (Å²) in [5.74, 6) is 0.517. The summed E-state index contributed by atoms with van der Waals surface area (Å²) in [5.41, 5.74) is 5.64. The van der Waals surface area contributed by atoms with Gasteiger partial charge in [-0.3, -0.25) is 9.59 Å². The van der Waals surface area contributed by atoms with Crippen molar-refractivity contribution >= 4 is 22.6 Å². The van der Waals surface area contributed by atoms with Gasteiger partial charge in [0.2, 0.25) is 5.91 Å². The fourth-order valence-corrected chi connectivity index (χ4v) is 6.15. The number of likely N-dealkylation sites (tertiary alicyclic amines) is 1. The second kappa shape index (κ2) is 8.58. The number of ether oxygens (including phenoxy) is 1. The fraction of sp³-hybridized carbons (Fsp3) is 0.414. The van der Waals surface area contributed by atoms with Gasteiger partial charge < -0.3 is 19.9 Å². The molecule has 0 bridgehead atoms. The maximum atomic E-state index is 13.6. The summed E-state index contributed by atoms with van der Waals surface area (Å²) in [5, 5.41) is 13.4. The number of nitrogens with zero attached hydrogens (tertiary/aromatic N) is 2. The van der Waals surface area contributed by atoms with Gasteiger partial charge in [0.25, 0.3) is 0 Å². The van der Waals surface area contributed by atoms with Crippen LogP contribution in [0.15, 0.2) is 36.4 Å². The smallest absolute Gasteiger partial charge is 0.242 e. The van der Waals surface area contributed by atoms with Crippen LogP contribution in [0.1, 0.15) is 70.9 Å². The molecular weight excluding hydrogens is 452 g/mol. The number of benzene rings is 2. The standard InChI is InChI=1S/C29H30N4O3/c1-29(2)22-14-19(18-7-10-33(11-8-18)28(35)24-16-36-12-9-31-24)4-6-20(22)26(34)25-21-5-3-17(15-30)13-23(21)32-27(25)29/h3-6,13-14,18,24,31-32H,7-12,16H2,1-2H3. The van der Waals surface area contributed by atoms with Crippen LogP contribution in [0.4, 0.5) is 0 Å². The highest BCUT2D eigenvalue weighted by Crippen LogP contribution is 2.45. The van der Waals surface area contributed by atoms with Crippen molar-refractivity contribution in [3.05, 3.63) is 69.9 Å². The molecule has 2 aliphatic heterocycles. The molecule has 3 heterocycles. The number of H-pyrrole nitrogens is 1. The van der Waals surface area contributed by atoms with E-state index in [0.29, 0.717) is 36.8 Å². The number of carbonyl (C=O) groups excluding carboxylic acids is 2. The molecule has 36 heavy (non-hydrogen) atoms. The van der Waals surface area contributed by atoms with E-state index in [1.165, 1.54) is 5.56 Å². The first kappa shape index (κ1) is 23.0. The Morgan fingerprint density at radius 3 is 2.69 bits per heavy atom. The number of aromatic nitrogens is 1. The third-order valence-corrected chi connectivity index (χ3v) is 8.24. The molecule has 3 aliphatic rings. The van der Waals surface area contributed by atoms with Crippen molar-refractivity contribution < 1.29 is 14.3 Å². The Morgan fingerprint density at radius 2 is 1.97 bits per heavy atom. The molecule has 7 heteroatoms. The zero-order valence-electron chi connectivity index (χ0n) is 20.7. The van der Waals surface area contributed by atoms with Gasteiger partial charge in [-0.05, 0) is 42.0 Å². The van der Waals surface area contributed by atoms with Crippen LogP contribution in [0, 0.1) is 11.3 Å². The number of amides is 1. The number of morpholine rings is 1. The first-order valence-corrected chi connectivity index (χ1v) is 12.7. The molecule has 2 fully saturated rings. The number of rotatable bonds is 2. The van der Waals surface area contributed by atoms with Gasteiger partial charge in [0.1, 0.15) is 6.04 Å². The van der Waals surface area contributed by atoms with Crippen molar-refractivity contribution in [2.75, 3.05) is 32.8 Å². The molecule has 0 saturated carbocycles. The molecule has 0 radical (unpaired) electrons. The number of hydrogen-bond donors (Lipinski definition) is 2. The monoisotopic (exact) mass is 482 g/mol. The zero-order valence-corrected chi connectivity index (χ0v) is 20.7. The second-order valence-corrected chi connectivity index (χ2v) is 10.7. The highest BCUT2D eigenvalue weighted by molar-refractivity contribution is 6.20. The average molecular weight is 483 g/mol. The first-order chi connectivity index (χ1) is 17.4. The minimum absolute atomic E-state index is 0.0319. The predicted molar refractivity (Wildman–Crippen MR) is 136 cm³/mol. The fourth-order valence-electron chi connectivity index (χ4n) is 6.15. The summed E-state index contributed by atoms with van der Waals surface area (Å²) in [6.07, 6.45) is 1.81. The molecular formula is C29H30N4O3. The summed E-state index contributed by atoms with van der Waals surface area (Å²) in [7, 11) is 0. The van der Waals surface area contributed by atoms with E-state index < -0.39 is 0 Å². The highest BCUT2D eigenvalue weighted by atomic mass is 16.5. The van der Waals surface area contributed by atoms with Crippen LogP contribution >= 0.6 is 0 Å². The Morgan fingerprint density at radius 1 is 1.17 bits per heavy atom. The summed E-state index contributed by atoms with van der Waals surface area (Å²) >= 11 is 0. The topological polar surface area (TPSA) is 98.2 Å². The molecule has 1 aliphatic carbocycles. The summed E-state index contributed by atoms with van der Waals surface area (Å²) in [6.45, 7) is 7.59. The van der Waals surface area contributed by atoms with Crippen molar-refractivity contribution in [1.29, 1.82) is 5.26 Å². The third-order valence-electron chi connectivity index (χ3n) is 8.24. The van der Waals surface area contributed by atoms with Gasteiger partial charge in [-0.25, -0.2) is 0 Å². The van der Waals surface area contributed by atoms with Gasteiger partial charge in [-0.1, -0.05) is 38.1 Å². The largest absolute Gasteiger partial charge is 0.378 e. The molecule has 3 aromatic rings. The van der Waals surface area contributed by atoms with Crippen molar-refractivity contribution in [2.45, 2.75) is 44.1 Å². The van der Waals surface area contributed by atoms with Crippen molar-refractivity contribution in [1.82, 2.24) is 15.2 Å². The molecule has 1 amide bonds. The van der Waals surface area contributed by atoms with Crippen LogP contribution in [-0.2, 0) is 14.9 Å². The Hall–Kier alpha value is -3.47. The van der Waals surface area contributed by atoms with Crippen molar-refractivity contribution in [2.24, 2.45) is 0 Å². The zero-order chi connectivity index (χ0) is 25.0. The molecule has 6 rings (SSSR count). The number of hydrogen-bond acceptors (Lipinski definition) is 5. The van der Waals surface area contributed by atoms with Crippen LogP contribution in [0.3, 0.4) is 0 Å². The number of carbonyl (C=O) groups is 2. The second-order valence-electron chi connectivity index (χ2n) is 10.7. The van der Waals surface area contributed by atoms with Crippen molar-refractivity contribution in [3.8, 4) is 6.07 Å². The van der Waals surface area contributed by atoms with Crippen LogP contribution in [-0.4, -0.2) is 60.5 Å². The lowest BCUT2D eigenvalue weighted by atomic mass is 9.70. The molecule has 2 aromatic carbocycles. The van der Waals surface area contributed by atoms with E-state index in [0.717, 1.165) is 53.7 Å². The summed E-state index contributed by atoms with van der Waals surface area (Å²) in [6, 6.07) is 13.7. The van der Waals surface area contributed by atoms with E-state index in [1.54, 1.807) is 6.07 Å². The number of aromatic amines is 1. The minimum Gasteiger partial charge on any atom is -0.378 e. The van der Waals surface area contributed by atoms with Gasteiger partial charge in [0, 0.05) is 47.2 Å². The number of piperidine rings is 1. The van der Waals surface area contributed by atoms with Gasteiger partial charge in [-0.15, -0.1) is 0 Å². The van der Waals surface area contributed by atoms with Crippen LogP contribution < -0.4 is 5.32 Å². The van der Waals surface area contributed by atoms with Gasteiger partial charge in [0.05, 0.1) is 30.4 Å². The molecule has 1 aromatic heterocycles. The maximum Gasteiger partial charge on any atom is 0.242 e. The number of nitriles is 1. The van der Waals surface area contributed by atoms with E-state index in [-0.39, 0.29) is 23.1 Å². The number of fused-ring (bicyclic) bond motifs is 4. The van der Waals surface area contributed by atoms with Gasteiger partial charge in [-0.2, -0.15) is 5.26 Å². The van der Waals surface area contributed by atoms with Gasteiger partial charge in [0.15, 0.2) is 5.78 Å². The Balaban J connectivity index is 1.27. The van der Waals surface area contributed by atoms with Crippen LogP contribution in [0.25, 0.3) is 10.9 Å². The average Bonchev–Trinajstić information content (AvgIpc) is 3.32. The quantitative estimate of drug-likeness (QED) is 0.582. The molecule has 184 valence electrons. The van der Waals surface area contributed by atoms with E-state index in [1.807, 2.05) is 23.1 Å². The van der Waals surface area contributed by atoms with E-state index in [9.17, 15) is 14.9 Å². The normalized spacial score (nSPS) is 21.6. The van der Waals surface area contributed by atoms with E-state index in [2.05, 4.69) is 42.4 Å². The number of nitrogens with one attached hydrogen (secondary N) is 2. The summed E-state index contributed by atoms with van der Waals surface area (Å²) in [4.78, 5) is 31.9. The molecule has 2 saturated heterocycles. The Labute approximate surface area is 210 Å². The number of ketones is 1. The van der Waals surface area contributed by atoms with Crippen LogP contribution in [0.5, 0.6) is 0 Å². The minimum atomic E-state index is -0.385. The summed E-state index contributed by atoms with van der Waals surface area (Å²) < 4.78 is 5.47. The van der Waals surface area contributed by atoms with E-state index >= 15 is 0 Å². The molecule has 1 unspecified atom stereocenters. The Kier molecular flexibility index (Phi) is 5.47. The molecule has 7 nitrogen and oxygen atoms in total. The highest BCUT2D eigenvalue weighted by Gasteiger charge is 2.40. The maximum absolute atomic E-state index is 13.6. The Bertz CT molecular complexity index is 1420. The lowest BCUT2D eigenvalue weighted by Crippen LogP contribution is -2.53. The predicted octanol–water partition coefficient (Wildman–Crippen LogP) is 3.60.